The number of nitrogens with two attached hydrogens (primary N) is 1. The van der Waals surface area contributed by atoms with Crippen LogP contribution in [-0.2, 0) is 19.6 Å². The molecule has 1 heterocycles. The molecule has 4 N–H and O–H groups in total. The first kappa shape index (κ1) is 19.7. The van der Waals surface area contributed by atoms with Crippen LogP contribution in [0.2, 0.25) is 0 Å². The van der Waals surface area contributed by atoms with Crippen molar-refractivity contribution in [2.24, 2.45) is 5.73 Å². The van der Waals surface area contributed by atoms with E-state index in [9.17, 15) is 13.2 Å². The fourth-order valence-electron chi connectivity index (χ4n) is 2.34. The van der Waals surface area contributed by atoms with Gasteiger partial charge in [-0.05, 0) is 37.5 Å². The van der Waals surface area contributed by atoms with Crippen molar-refractivity contribution in [2.75, 3.05) is 22.8 Å². The van der Waals surface area contributed by atoms with Gasteiger partial charge in [-0.3, -0.25) is 9.52 Å². The van der Waals surface area contributed by atoms with Gasteiger partial charge >= 0.3 is 0 Å². The summed E-state index contributed by atoms with van der Waals surface area (Å²) in [6, 6.07) is 5.09. The Bertz CT molecular complexity index is 666. The van der Waals surface area contributed by atoms with Gasteiger partial charge in [-0.1, -0.05) is 6.07 Å². The van der Waals surface area contributed by atoms with Gasteiger partial charge in [-0.2, -0.15) is 0 Å². The molecule has 1 amide bonds. The summed E-state index contributed by atoms with van der Waals surface area (Å²) in [5.74, 6) is -0.293. The van der Waals surface area contributed by atoms with Gasteiger partial charge < -0.3 is 15.8 Å². The second-order valence-corrected chi connectivity index (χ2v) is 7.22. The smallest absolute Gasteiger partial charge is 0.253 e. The molecule has 0 radical (unpaired) electrons. The lowest BCUT2D eigenvalue weighted by Gasteiger charge is -2.16. The van der Waals surface area contributed by atoms with E-state index in [2.05, 4.69) is 10.0 Å². The number of hydrogen-bond acceptors (Lipinski definition) is 5. The van der Waals surface area contributed by atoms with Crippen molar-refractivity contribution in [3.05, 3.63) is 23.8 Å². The SMILES string of the molecule is Cc1ccc(NS(C)(=O)=O)c(NC(=O)[C@@H]2CC[C@H](CN)O2)c1.Cl. The van der Waals surface area contributed by atoms with E-state index in [1.165, 1.54) is 0 Å². The van der Waals surface area contributed by atoms with E-state index in [1.54, 1.807) is 18.2 Å². The van der Waals surface area contributed by atoms with E-state index in [0.717, 1.165) is 18.2 Å². The molecule has 0 spiro atoms. The van der Waals surface area contributed by atoms with E-state index >= 15 is 0 Å². The van der Waals surface area contributed by atoms with Gasteiger partial charge in [-0.25, -0.2) is 8.42 Å². The van der Waals surface area contributed by atoms with Gasteiger partial charge in [0.25, 0.3) is 5.91 Å². The minimum absolute atomic E-state index is 0. The van der Waals surface area contributed by atoms with Crippen LogP contribution in [0.4, 0.5) is 11.4 Å². The maximum atomic E-state index is 12.3. The lowest BCUT2D eigenvalue weighted by atomic mass is 10.1. The van der Waals surface area contributed by atoms with Crippen LogP contribution in [-0.4, -0.2) is 39.3 Å². The molecule has 23 heavy (non-hydrogen) atoms. The molecular weight excluding hydrogens is 342 g/mol. The molecule has 1 aromatic rings. The lowest BCUT2D eigenvalue weighted by Crippen LogP contribution is -2.30. The molecule has 130 valence electrons. The van der Waals surface area contributed by atoms with E-state index < -0.39 is 16.1 Å². The van der Waals surface area contributed by atoms with Crippen LogP contribution < -0.4 is 15.8 Å². The Kier molecular flexibility index (Phi) is 6.82. The number of carbonyl (C=O) groups excluding carboxylic acids is 1. The first-order valence-electron chi connectivity index (χ1n) is 7.03. The maximum absolute atomic E-state index is 12.3. The highest BCUT2D eigenvalue weighted by Gasteiger charge is 2.30. The van der Waals surface area contributed by atoms with E-state index in [-0.39, 0.29) is 24.4 Å². The predicted octanol–water partition coefficient (Wildman–Crippen LogP) is 1.23. The van der Waals surface area contributed by atoms with Gasteiger partial charge in [0.05, 0.1) is 23.7 Å². The average Bonchev–Trinajstić information content (AvgIpc) is 2.89. The number of aryl methyl sites for hydroxylation is 1. The van der Waals surface area contributed by atoms with E-state index in [4.69, 9.17) is 10.5 Å². The summed E-state index contributed by atoms with van der Waals surface area (Å²) < 4.78 is 30.7. The topological polar surface area (TPSA) is 111 Å². The van der Waals surface area contributed by atoms with Crippen LogP contribution in [0.15, 0.2) is 18.2 Å². The molecule has 0 unspecified atom stereocenters. The number of nitrogens with one attached hydrogen (secondary N) is 2. The molecule has 1 aliphatic rings. The van der Waals surface area contributed by atoms with Gasteiger partial charge in [-0.15, -0.1) is 12.4 Å². The zero-order chi connectivity index (χ0) is 16.3. The molecule has 2 rings (SSSR count). The molecule has 1 aromatic carbocycles. The van der Waals surface area contributed by atoms with Crippen molar-refractivity contribution in [1.29, 1.82) is 0 Å². The summed E-state index contributed by atoms with van der Waals surface area (Å²) in [7, 11) is -3.43. The highest BCUT2D eigenvalue weighted by atomic mass is 35.5. The molecule has 0 aliphatic carbocycles. The first-order valence-corrected chi connectivity index (χ1v) is 8.92. The summed E-state index contributed by atoms with van der Waals surface area (Å²) >= 11 is 0. The quantitative estimate of drug-likeness (QED) is 0.728. The minimum Gasteiger partial charge on any atom is -0.364 e. The van der Waals surface area contributed by atoms with Gasteiger partial charge in [0.2, 0.25) is 10.0 Å². The first-order chi connectivity index (χ1) is 10.3. The summed E-state index contributed by atoms with van der Waals surface area (Å²) in [4.78, 5) is 12.3. The average molecular weight is 364 g/mol. The van der Waals surface area contributed by atoms with Crippen molar-refractivity contribution < 1.29 is 17.9 Å². The van der Waals surface area contributed by atoms with E-state index in [0.29, 0.717) is 24.3 Å². The Balaban J connectivity index is 0.00000264. The summed E-state index contributed by atoms with van der Waals surface area (Å²) in [5, 5.41) is 2.73. The third kappa shape index (κ3) is 5.65. The van der Waals surface area contributed by atoms with Crippen LogP contribution in [0, 0.1) is 6.92 Å². The number of hydrogen-bond donors (Lipinski definition) is 3. The van der Waals surface area contributed by atoms with Crippen molar-refractivity contribution >= 4 is 39.7 Å². The van der Waals surface area contributed by atoms with Crippen molar-refractivity contribution in [3.8, 4) is 0 Å². The fourth-order valence-corrected chi connectivity index (χ4v) is 2.91. The van der Waals surface area contributed by atoms with Gasteiger partial charge in [0.15, 0.2) is 0 Å². The third-order valence-electron chi connectivity index (χ3n) is 3.39. The minimum atomic E-state index is -3.43. The standard InChI is InChI=1S/C14H21N3O4S.ClH/c1-9-3-5-11(17-22(2,19)20)12(7-9)16-14(18)13-6-4-10(8-15)21-13;/h3,5,7,10,13,17H,4,6,8,15H2,1-2H3,(H,16,18);1H/t10-,13+;/m1./s1. The fraction of sp³-hybridized carbons (Fsp3) is 0.500. The van der Waals surface area contributed by atoms with Crippen LogP contribution in [0.1, 0.15) is 18.4 Å². The van der Waals surface area contributed by atoms with Crippen LogP contribution in [0.25, 0.3) is 0 Å². The Morgan fingerprint density at radius 1 is 1.35 bits per heavy atom. The highest BCUT2D eigenvalue weighted by Crippen LogP contribution is 2.26. The van der Waals surface area contributed by atoms with Crippen LogP contribution in [0.5, 0.6) is 0 Å². The Morgan fingerprint density at radius 2 is 2.04 bits per heavy atom. The Hall–Kier alpha value is -1.35. The van der Waals surface area contributed by atoms with E-state index in [1.807, 2.05) is 6.92 Å². The van der Waals surface area contributed by atoms with Crippen molar-refractivity contribution in [2.45, 2.75) is 32.0 Å². The summed E-state index contributed by atoms with van der Waals surface area (Å²) in [6.45, 7) is 2.24. The van der Waals surface area contributed by atoms with Crippen molar-refractivity contribution in [1.82, 2.24) is 0 Å². The monoisotopic (exact) mass is 363 g/mol. The highest BCUT2D eigenvalue weighted by molar-refractivity contribution is 7.92. The number of amides is 1. The van der Waals surface area contributed by atoms with Crippen LogP contribution in [0.3, 0.4) is 0 Å². The molecule has 1 fully saturated rings. The third-order valence-corrected chi connectivity index (χ3v) is 3.98. The molecule has 0 bridgehead atoms. The number of anilines is 2. The van der Waals surface area contributed by atoms with Gasteiger partial charge in [0.1, 0.15) is 6.10 Å². The summed E-state index contributed by atoms with van der Waals surface area (Å²) in [5.41, 5.74) is 7.17. The number of sulfonamides is 1. The molecule has 7 nitrogen and oxygen atoms in total. The van der Waals surface area contributed by atoms with Crippen molar-refractivity contribution in [3.63, 3.8) is 0 Å². The Labute approximate surface area is 142 Å². The molecule has 9 heteroatoms. The molecule has 0 saturated carbocycles. The zero-order valence-corrected chi connectivity index (χ0v) is 14.7. The zero-order valence-electron chi connectivity index (χ0n) is 13.0. The number of ether oxygens (including phenoxy) is 1. The lowest BCUT2D eigenvalue weighted by molar-refractivity contribution is -0.126. The predicted molar refractivity (Wildman–Crippen MR) is 92.5 cm³/mol. The normalized spacial score (nSPS) is 20.7. The Morgan fingerprint density at radius 3 is 2.61 bits per heavy atom. The number of rotatable bonds is 5. The van der Waals surface area contributed by atoms with Gasteiger partial charge in [0, 0.05) is 6.54 Å². The molecule has 2 atom stereocenters. The number of halogens is 1. The largest absolute Gasteiger partial charge is 0.364 e. The number of carbonyl (C=O) groups is 1. The molecular formula is C14H22ClN3O4S. The summed E-state index contributed by atoms with van der Waals surface area (Å²) in [6.07, 6.45) is 1.76. The maximum Gasteiger partial charge on any atom is 0.253 e. The number of benzene rings is 1. The second kappa shape index (κ2) is 7.96. The molecule has 1 aliphatic heterocycles. The molecule has 0 aromatic heterocycles. The second-order valence-electron chi connectivity index (χ2n) is 5.47. The molecule has 1 saturated heterocycles. The van der Waals surface area contributed by atoms with Crippen LogP contribution >= 0.6 is 12.4 Å².